The second-order valence-electron chi connectivity index (χ2n) is 5.32. The Balaban J connectivity index is 1.87. The Morgan fingerprint density at radius 1 is 1.04 bits per heavy atom. The smallest absolute Gasteiger partial charge is 0.348 e. The van der Waals surface area contributed by atoms with Crippen LogP contribution in [-0.4, -0.2) is 17.0 Å². The molecule has 0 aliphatic carbocycles. The van der Waals surface area contributed by atoms with Crippen LogP contribution in [0.1, 0.15) is 20.5 Å². The number of benzene rings is 2. The van der Waals surface area contributed by atoms with E-state index in [1.165, 1.54) is 11.8 Å². The molecule has 1 atom stereocenters. The van der Waals surface area contributed by atoms with Crippen molar-refractivity contribution in [3.63, 3.8) is 0 Å². The van der Waals surface area contributed by atoms with Crippen LogP contribution in [-0.2, 0) is 4.79 Å². The highest BCUT2D eigenvalue weighted by Gasteiger charge is 2.24. The number of aromatic carboxylic acids is 1. The van der Waals surface area contributed by atoms with E-state index in [4.69, 9.17) is 0 Å². The normalized spacial score (nSPS) is 11.7. The number of anilines is 1. The molecule has 1 heterocycles. The average molecular weight is 448 g/mol. The number of carbonyl (C=O) groups is 2. The van der Waals surface area contributed by atoms with Gasteiger partial charge in [0.15, 0.2) is 0 Å². The summed E-state index contributed by atoms with van der Waals surface area (Å²) in [6, 6.07) is 18.8. The molecule has 26 heavy (non-hydrogen) atoms. The standard InChI is InChI=1S/C19H14BrNO3S2/c20-13-6-8-14(9-7-13)26-16(12-4-2-1-3-5-12)18(22)21-15-10-11-25-17(15)19(23)24/h1-11,16H,(H,21,22)(H,23,24). The van der Waals surface area contributed by atoms with Gasteiger partial charge in [0.05, 0.1) is 5.69 Å². The zero-order valence-electron chi connectivity index (χ0n) is 13.4. The predicted molar refractivity (Wildman–Crippen MR) is 109 cm³/mol. The van der Waals surface area contributed by atoms with Gasteiger partial charge < -0.3 is 10.4 Å². The van der Waals surface area contributed by atoms with Gasteiger partial charge in [-0.3, -0.25) is 4.79 Å². The van der Waals surface area contributed by atoms with Crippen LogP contribution in [0.4, 0.5) is 5.69 Å². The summed E-state index contributed by atoms with van der Waals surface area (Å²) in [6.07, 6.45) is 0. The Hall–Kier alpha value is -2.09. The van der Waals surface area contributed by atoms with Crippen LogP contribution in [0.2, 0.25) is 0 Å². The van der Waals surface area contributed by atoms with Crippen LogP contribution in [0.3, 0.4) is 0 Å². The molecule has 0 bridgehead atoms. The lowest BCUT2D eigenvalue weighted by Crippen LogP contribution is -2.19. The van der Waals surface area contributed by atoms with Crippen molar-refractivity contribution in [1.82, 2.24) is 0 Å². The van der Waals surface area contributed by atoms with Crippen LogP contribution in [0.15, 0.2) is 75.4 Å². The minimum Gasteiger partial charge on any atom is -0.477 e. The number of halogens is 1. The molecule has 0 radical (unpaired) electrons. The Labute approximate surface area is 167 Å². The lowest BCUT2D eigenvalue weighted by Gasteiger charge is -2.17. The van der Waals surface area contributed by atoms with Gasteiger partial charge in [0.1, 0.15) is 10.1 Å². The molecule has 3 rings (SSSR count). The topological polar surface area (TPSA) is 66.4 Å². The summed E-state index contributed by atoms with van der Waals surface area (Å²) in [5, 5.41) is 13.1. The van der Waals surface area contributed by atoms with Crippen molar-refractivity contribution in [2.24, 2.45) is 0 Å². The van der Waals surface area contributed by atoms with Crippen molar-refractivity contribution >= 4 is 56.6 Å². The summed E-state index contributed by atoms with van der Waals surface area (Å²) in [4.78, 5) is 25.3. The molecule has 0 fully saturated rings. The van der Waals surface area contributed by atoms with Crippen LogP contribution in [0.5, 0.6) is 0 Å². The number of carboxylic acids is 1. The molecule has 2 N–H and O–H groups in total. The van der Waals surface area contributed by atoms with E-state index >= 15 is 0 Å². The quantitative estimate of drug-likeness (QED) is 0.476. The molecular formula is C19H14BrNO3S2. The molecule has 0 aliphatic rings. The number of rotatable bonds is 6. The van der Waals surface area contributed by atoms with Gasteiger partial charge in [-0.25, -0.2) is 4.79 Å². The van der Waals surface area contributed by atoms with Gasteiger partial charge in [-0.05, 0) is 41.3 Å². The van der Waals surface area contributed by atoms with Crippen molar-refractivity contribution in [2.75, 3.05) is 5.32 Å². The first-order chi connectivity index (χ1) is 12.5. The van der Waals surface area contributed by atoms with Gasteiger partial charge >= 0.3 is 5.97 Å². The fraction of sp³-hybridized carbons (Fsp3) is 0.0526. The number of amides is 1. The number of thioether (sulfide) groups is 1. The van der Waals surface area contributed by atoms with E-state index in [1.807, 2.05) is 54.6 Å². The molecule has 132 valence electrons. The highest BCUT2D eigenvalue weighted by molar-refractivity contribution is 9.10. The third-order valence-corrected chi connectivity index (χ3v) is 6.22. The predicted octanol–water partition coefficient (Wildman–Crippen LogP) is 5.68. The minimum atomic E-state index is -1.05. The molecule has 2 aromatic carbocycles. The lowest BCUT2D eigenvalue weighted by molar-refractivity contribution is -0.115. The van der Waals surface area contributed by atoms with Crippen molar-refractivity contribution in [3.8, 4) is 0 Å². The van der Waals surface area contributed by atoms with E-state index in [0.717, 1.165) is 26.3 Å². The van der Waals surface area contributed by atoms with Gasteiger partial charge in [-0.1, -0.05) is 46.3 Å². The molecule has 1 unspecified atom stereocenters. The Kier molecular flexibility index (Phi) is 6.13. The van der Waals surface area contributed by atoms with Gasteiger partial charge in [-0.2, -0.15) is 0 Å². The van der Waals surface area contributed by atoms with Gasteiger partial charge in [-0.15, -0.1) is 23.1 Å². The van der Waals surface area contributed by atoms with Crippen LogP contribution >= 0.6 is 39.0 Å². The fourth-order valence-corrected chi connectivity index (χ4v) is 4.30. The third kappa shape index (κ3) is 4.55. The number of hydrogen-bond donors (Lipinski definition) is 2. The number of thiophene rings is 1. The molecule has 3 aromatic rings. The number of carbonyl (C=O) groups excluding carboxylic acids is 1. The van der Waals surface area contributed by atoms with Gasteiger partial charge in [0.25, 0.3) is 0 Å². The highest BCUT2D eigenvalue weighted by atomic mass is 79.9. The molecule has 1 aromatic heterocycles. The molecular weight excluding hydrogens is 434 g/mol. The van der Waals surface area contributed by atoms with Gasteiger partial charge in [0.2, 0.25) is 5.91 Å². The zero-order chi connectivity index (χ0) is 18.5. The first-order valence-corrected chi connectivity index (χ1v) is 10.2. The van der Waals surface area contributed by atoms with E-state index in [2.05, 4.69) is 21.2 Å². The van der Waals surface area contributed by atoms with E-state index in [1.54, 1.807) is 11.4 Å². The van der Waals surface area contributed by atoms with Crippen molar-refractivity contribution in [3.05, 3.63) is 81.0 Å². The molecule has 0 aliphatic heterocycles. The van der Waals surface area contributed by atoms with Crippen molar-refractivity contribution in [1.29, 1.82) is 0 Å². The Bertz CT molecular complexity index is 910. The molecule has 4 nitrogen and oxygen atoms in total. The maximum absolute atomic E-state index is 12.9. The summed E-state index contributed by atoms with van der Waals surface area (Å²) in [7, 11) is 0. The third-order valence-electron chi connectivity index (χ3n) is 3.53. The molecule has 7 heteroatoms. The second-order valence-corrected chi connectivity index (χ2v) is 8.33. The molecule has 1 amide bonds. The second kappa shape index (κ2) is 8.53. The molecule has 0 saturated carbocycles. The molecule has 0 saturated heterocycles. The van der Waals surface area contributed by atoms with E-state index in [0.29, 0.717) is 5.69 Å². The van der Waals surface area contributed by atoms with Crippen molar-refractivity contribution < 1.29 is 14.7 Å². The fourth-order valence-electron chi connectivity index (χ4n) is 2.32. The van der Waals surface area contributed by atoms with E-state index in [-0.39, 0.29) is 10.8 Å². The number of carboxylic acid groups (broad SMARTS) is 1. The maximum atomic E-state index is 12.9. The summed E-state index contributed by atoms with van der Waals surface area (Å²) in [5.41, 5.74) is 1.18. The lowest BCUT2D eigenvalue weighted by atomic mass is 10.1. The largest absolute Gasteiger partial charge is 0.477 e. The van der Waals surface area contributed by atoms with Crippen LogP contribution < -0.4 is 5.32 Å². The van der Waals surface area contributed by atoms with Crippen LogP contribution in [0.25, 0.3) is 0 Å². The summed E-state index contributed by atoms with van der Waals surface area (Å²) in [6.45, 7) is 0. The monoisotopic (exact) mass is 447 g/mol. The van der Waals surface area contributed by atoms with E-state index < -0.39 is 11.2 Å². The van der Waals surface area contributed by atoms with E-state index in [9.17, 15) is 14.7 Å². The number of nitrogens with one attached hydrogen (secondary N) is 1. The van der Waals surface area contributed by atoms with Crippen LogP contribution in [0, 0.1) is 0 Å². The highest BCUT2D eigenvalue weighted by Crippen LogP contribution is 2.37. The number of hydrogen-bond acceptors (Lipinski definition) is 4. The minimum absolute atomic E-state index is 0.124. The first kappa shape index (κ1) is 18.7. The summed E-state index contributed by atoms with van der Waals surface area (Å²) >= 11 is 5.91. The Morgan fingerprint density at radius 2 is 1.73 bits per heavy atom. The zero-order valence-corrected chi connectivity index (χ0v) is 16.6. The summed E-state index contributed by atoms with van der Waals surface area (Å²) in [5.74, 6) is -1.31. The average Bonchev–Trinajstić information content (AvgIpc) is 3.10. The molecule has 0 spiro atoms. The Morgan fingerprint density at radius 3 is 2.38 bits per heavy atom. The van der Waals surface area contributed by atoms with Gasteiger partial charge in [0, 0.05) is 9.37 Å². The first-order valence-electron chi connectivity index (χ1n) is 7.63. The SMILES string of the molecule is O=C(O)c1sccc1NC(=O)C(Sc1ccc(Br)cc1)c1ccccc1. The summed E-state index contributed by atoms with van der Waals surface area (Å²) < 4.78 is 0.965. The maximum Gasteiger partial charge on any atom is 0.348 e. The van der Waals surface area contributed by atoms with Crippen molar-refractivity contribution in [2.45, 2.75) is 10.1 Å².